The maximum atomic E-state index is 11.7. The van der Waals surface area contributed by atoms with Crippen LogP contribution in [-0.2, 0) is 22.6 Å². The molecule has 2 N–H and O–H groups in total. The molecule has 0 unspecified atom stereocenters. The maximum absolute atomic E-state index is 11.7. The second-order valence-electron chi connectivity index (χ2n) is 5.30. The minimum absolute atomic E-state index is 0.114. The number of nitrogens with zero attached hydrogens (tertiary/aromatic N) is 1. The lowest BCUT2D eigenvalue weighted by molar-refractivity contribution is -0.126. The second-order valence-corrected chi connectivity index (χ2v) is 5.30. The van der Waals surface area contributed by atoms with Gasteiger partial charge in [-0.2, -0.15) is 5.10 Å². The standard InChI is InChI=1S/C19H21N3O2/c23-18(20-15-17-9-5-2-6-10-17)11-12-19(24)22-21-14-13-16-7-3-1-4-8-16/h1-10,14H,11-13,15H2,(H,20,23)(H,22,24)/b21-14+. The van der Waals surface area contributed by atoms with Gasteiger partial charge in [0.25, 0.3) is 0 Å². The molecule has 0 spiro atoms. The first-order chi connectivity index (χ1) is 11.7. The molecule has 0 saturated carbocycles. The van der Waals surface area contributed by atoms with Crippen LogP contribution < -0.4 is 10.7 Å². The highest BCUT2D eigenvalue weighted by atomic mass is 16.2. The molecule has 0 saturated heterocycles. The van der Waals surface area contributed by atoms with E-state index in [-0.39, 0.29) is 24.7 Å². The van der Waals surface area contributed by atoms with E-state index in [0.29, 0.717) is 13.0 Å². The van der Waals surface area contributed by atoms with Crippen LogP contribution in [0.25, 0.3) is 0 Å². The molecule has 5 heteroatoms. The zero-order valence-corrected chi connectivity index (χ0v) is 13.4. The summed E-state index contributed by atoms with van der Waals surface area (Å²) in [5, 5.41) is 6.67. The van der Waals surface area contributed by atoms with E-state index in [1.165, 1.54) is 0 Å². The summed E-state index contributed by atoms with van der Waals surface area (Å²) in [6, 6.07) is 19.5. The van der Waals surface area contributed by atoms with Crippen LogP contribution in [0.1, 0.15) is 24.0 Å². The SMILES string of the molecule is O=C(CCC(=O)N/N=C/Cc1ccccc1)NCc1ccccc1. The summed E-state index contributed by atoms with van der Waals surface area (Å²) in [4.78, 5) is 23.3. The van der Waals surface area contributed by atoms with Gasteiger partial charge in [-0.15, -0.1) is 0 Å². The van der Waals surface area contributed by atoms with E-state index in [9.17, 15) is 9.59 Å². The number of carbonyl (C=O) groups is 2. The average molecular weight is 323 g/mol. The van der Waals surface area contributed by atoms with Gasteiger partial charge in [-0.25, -0.2) is 5.43 Å². The molecule has 2 amide bonds. The quantitative estimate of drug-likeness (QED) is 0.578. The zero-order valence-electron chi connectivity index (χ0n) is 13.4. The third-order valence-electron chi connectivity index (χ3n) is 3.36. The van der Waals surface area contributed by atoms with Gasteiger partial charge in [0.2, 0.25) is 11.8 Å². The van der Waals surface area contributed by atoms with Gasteiger partial charge in [0, 0.05) is 32.0 Å². The van der Waals surface area contributed by atoms with Crippen LogP contribution in [0.4, 0.5) is 0 Å². The Labute approximate surface area is 141 Å². The summed E-state index contributed by atoms with van der Waals surface area (Å²) >= 11 is 0. The Hall–Kier alpha value is -2.95. The Morgan fingerprint density at radius 1 is 0.833 bits per heavy atom. The number of hydrogen-bond acceptors (Lipinski definition) is 3. The van der Waals surface area contributed by atoms with Crippen molar-refractivity contribution in [1.29, 1.82) is 0 Å². The molecule has 0 bridgehead atoms. The molecule has 124 valence electrons. The van der Waals surface area contributed by atoms with Crippen LogP contribution in [0, 0.1) is 0 Å². The van der Waals surface area contributed by atoms with Gasteiger partial charge in [-0.05, 0) is 11.1 Å². The fourth-order valence-electron chi connectivity index (χ4n) is 2.05. The number of benzene rings is 2. The van der Waals surface area contributed by atoms with Gasteiger partial charge in [-0.3, -0.25) is 9.59 Å². The van der Waals surface area contributed by atoms with Crippen molar-refractivity contribution in [3.05, 3.63) is 71.8 Å². The van der Waals surface area contributed by atoms with Gasteiger partial charge in [0.15, 0.2) is 0 Å². The van der Waals surface area contributed by atoms with Gasteiger partial charge in [0.05, 0.1) is 0 Å². The molecule has 0 aliphatic rings. The number of carbonyl (C=O) groups excluding carboxylic acids is 2. The highest BCUT2D eigenvalue weighted by molar-refractivity contribution is 5.83. The van der Waals surface area contributed by atoms with Crippen molar-refractivity contribution in [3.63, 3.8) is 0 Å². The summed E-state index contributed by atoms with van der Waals surface area (Å²) in [5.41, 5.74) is 4.58. The highest BCUT2D eigenvalue weighted by Crippen LogP contribution is 1.99. The van der Waals surface area contributed by atoms with Crippen molar-refractivity contribution in [2.24, 2.45) is 5.10 Å². The van der Waals surface area contributed by atoms with Crippen LogP contribution in [0.5, 0.6) is 0 Å². The Bertz CT molecular complexity index is 670. The Morgan fingerprint density at radius 3 is 2.08 bits per heavy atom. The van der Waals surface area contributed by atoms with Crippen LogP contribution in [0.3, 0.4) is 0 Å². The largest absolute Gasteiger partial charge is 0.352 e. The summed E-state index contributed by atoms with van der Waals surface area (Å²) in [7, 11) is 0. The van der Waals surface area contributed by atoms with Crippen LogP contribution in [-0.4, -0.2) is 18.0 Å². The van der Waals surface area contributed by atoms with Crippen molar-refractivity contribution in [3.8, 4) is 0 Å². The number of amides is 2. The summed E-state index contributed by atoms with van der Waals surface area (Å²) in [5.74, 6) is -0.420. The number of rotatable bonds is 8. The zero-order chi connectivity index (χ0) is 17.0. The monoisotopic (exact) mass is 323 g/mol. The topological polar surface area (TPSA) is 70.6 Å². The number of hydrazone groups is 1. The van der Waals surface area contributed by atoms with Crippen molar-refractivity contribution in [2.45, 2.75) is 25.8 Å². The van der Waals surface area contributed by atoms with Crippen molar-refractivity contribution in [2.75, 3.05) is 0 Å². The molecule has 0 fully saturated rings. The normalized spacial score (nSPS) is 10.5. The van der Waals surface area contributed by atoms with Crippen molar-refractivity contribution in [1.82, 2.24) is 10.7 Å². The molecule has 5 nitrogen and oxygen atoms in total. The molecule has 0 aliphatic heterocycles. The lowest BCUT2D eigenvalue weighted by atomic mass is 10.2. The third kappa shape index (κ3) is 6.87. The first kappa shape index (κ1) is 17.4. The summed E-state index contributed by atoms with van der Waals surface area (Å²) in [6.07, 6.45) is 2.55. The Morgan fingerprint density at radius 2 is 1.42 bits per heavy atom. The molecule has 0 aliphatic carbocycles. The lowest BCUT2D eigenvalue weighted by Crippen LogP contribution is -2.25. The van der Waals surface area contributed by atoms with Gasteiger partial charge in [-0.1, -0.05) is 60.7 Å². The van der Waals surface area contributed by atoms with Gasteiger partial charge in [0.1, 0.15) is 0 Å². The maximum Gasteiger partial charge on any atom is 0.240 e. The molecule has 0 atom stereocenters. The molecular formula is C19H21N3O2. The van der Waals surface area contributed by atoms with Gasteiger partial charge < -0.3 is 5.32 Å². The van der Waals surface area contributed by atoms with E-state index in [4.69, 9.17) is 0 Å². The highest BCUT2D eigenvalue weighted by Gasteiger charge is 2.05. The molecule has 2 rings (SSSR count). The fraction of sp³-hybridized carbons (Fsp3) is 0.211. The number of hydrogen-bond donors (Lipinski definition) is 2. The van der Waals surface area contributed by atoms with Crippen molar-refractivity contribution >= 4 is 18.0 Å². The average Bonchev–Trinajstić information content (AvgIpc) is 2.63. The first-order valence-electron chi connectivity index (χ1n) is 7.89. The van der Waals surface area contributed by atoms with E-state index in [1.54, 1.807) is 6.21 Å². The molecule has 24 heavy (non-hydrogen) atoms. The van der Waals surface area contributed by atoms with E-state index in [0.717, 1.165) is 11.1 Å². The summed E-state index contributed by atoms with van der Waals surface area (Å²) < 4.78 is 0. The van der Waals surface area contributed by atoms with E-state index < -0.39 is 0 Å². The Balaban J connectivity index is 1.59. The predicted molar refractivity (Wildman–Crippen MR) is 94.3 cm³/mol. The smallest absolute Gasteiger partial charge is 0.240 e. The predicted octanol–water partition coefficient (Wildman–Crippen LogP) is 2.43. The Kier molecular flexibility index (Phi) is 7.21. The van der Waals surface area contributed by atoms with E-state index >= 15 is 0 Å². The van der Waals surface area contributed by atoms with E-state index in [1.807, 2.05) is 60.7 Å². The minimum Gasteiger partial charge on any atom is -0.352 e. The van der Waals surface area contributed by atoms with E-state index in [2.05, 4.69) is 15.8 Å². The molecule has 0 radical (unpaired) electrons. The van der Waals surface area contributed by atoms with Crippen LogP contribution in [0.15, 0.2) is 65.8 Å². The summed E-state index contributed by atoms with van der Waals surface area (Å²) in [6.45, 7) is 0.469. The molecule has 0 heterocycles. The second kappa shape index (κ2) is 9.94. The third-order valence-corrected chi connectivity index (χ3v) is 3.36. The van der Waals surface area contributed by atoms with Crippen LogP contribution >= 0.6 is 0 Å². The van der Waals surface area contributed by atoms with Gasteiger partial charge >= 0.3 is 0 Å². The first-order valence-corrected chi connectivity index (χ1v) is 7.89. The molecular weight excluding hydrogens is 302 g/mol. The molecule has 2 aromatic rings. The molecule has 0 aromatic heterocycles. The lowest BCUT2D eigenvalue weighted by Gasteiger charge is -2.04. The van der Waals surface area contributed by atoms with Crippen LogP contribution in [0.2, 0.25) is 0 Å². The van der Waals surface area contributed by atoms with Crippen molar-refractivity contribution < 1.29 is 9.59 Å². The minimum atomic E-state index is -0.269. The number of nitrogens with one attached hydrogen (secondary N) is 2. The molecule has 2 aromatic carbocycles. The fourth-order valence-corrected chi connectivity index (χ4v) is 2.05.